The van der Waals surface area contributed by atoms with E-state index in [1.165, 1.54) is 7.11 Å². The molecule has 0 radical (unpaired) electrons. The third-order valence-corrected chi connectivity index (χ3v) is 5.03. The Labute approximate surface area is 99.0 Å². The summed E-state index contributed by atoms with van der Waals surface area (Å²) in [6, 6.07) is 1.71. The molecule has 0 saturated carbocycles. The third kappa shape index (κ3) is 2.66. The number of nitrogens with zero attached hydrogens (tertiary/aromatic N) is 1. The molecule has 0 bridgehead atoms. The Morgan fingerprint density at radius 2 is 2.07 bits per heavy atom. The van der Waals surface area contributed by atoms with Crippen molar-refractivity contribution < 1.29 is 9.53 Å². The van der Waals surface area contributed by atoms with E-state index in [9.17, 15) is 4.79 Å². The van der Waals surface area contributed by atoms with Gasteiger partial charge in [0.1, 0.15) is 4.60 Å². The summed E-state index contributed by atoms with van der Waals surface area (Å²) in [5.74, 6) is -0.296. The van der Waals surface area contributed by atoms with Gasteiger partial charge in [0.15, 0.2) is 0 Å². The van der Waals surface area contributed by atoms with Crippen LogP contribution in [0.3, 0.4) is 0 Å². The van der Waals surface area contributed by atoms with Crippen molar-refractivity contribution in [2.45, 2.75) is 19.6 Å². The number of carbonyl (C=O) groups excluding carboxylic acids is 1. The van der Waals surface area contributed by atoms with E-state index in [0.717, 1.165) is 9.79 Å². The van der Waals surface area contributed by atoms with Gasteiger partial charge in [-0.15, -0.1) is 0 Å². The molecular formula is C10H14BrNO2Si. The second-order valence-corrected chi connectivity index (χ2v) is 10.0. The lowest BCUT2D eigenvalue weighted by Gasteiger charge is -2.20. The molecule has 0 unspecified atom stereocenters. The first-order valence-electron chi connectivity index (χ1n) is 4.61. The van der Waals surface area contributed by atoms with Crippen molar-refractivity contribution in [1.82, 2.24) is 4.98 Å². The molecule has 3 nitrogen and oxygen atoms in total. The van der Waals surface area contributed by atoms with Crippen molar-refractivity contribution >= 4 is 35.2 Å². The van der Waals surface area contributed by atoms with Gasteiger partial charge in [0.05, 0.1) is 20.7 Å². The summed E-state index contributed by atoms with van der Waals surface area (Å²) < 4.78 is 5.52. The molecule has 0 amide bonds. The number of hydrogen-bond acceptors (Lipinski definition) is 3. The summed E-state index contributed by atoms with van der Waals surface area (Å²) in [4.78, 5) is 15.8. The van der Waals surface area contributed by atoms with Gasteiger partial charge in [0, 0.05) is 6.20 Å². The van der Waals surface area contributed by atoms with Crippen molar-refractivity contribution in [2.24, 2.45) is 0 Å². The van der Waals surface area contributed by atoms with Crippen molar-refractivity contribution in [3.8, 4) is 0 Å². The van der Waals surface area contributed by atoms with Gasteiger partial charge in [-0.25, -0.2) is 9.78 Å². The number of esters is 1. The molecule has 0 aromatic carbocycles. The van der Waals surface area contributed by atoms with Crippen LogP contribution in [0.25, 0.3) is 0 Å². The molecule has 1 rings (SSSR count). The van der Waals surface area contributed by atoms with E-state index in [-0.39, 0.29) is 5.97 Å². The third-order valence-electron chi connectivity index (χ3n) is 2.06. The Morgan fingerprint density at radius 1 is 1.47 bits per heavy atom. The molecule has 0 saturated heterocycles. The minimum absolute atomic E-state index is 0.296. The van der Waals surface area contributed by atoms with Crippen molar-refractivity contribution in [3.05, 3.63) is 22.4 Å². The fourth-order valence-corrected chi connectivity index (χ4v) is 5.22. The maximum Gasteiger partial charge on any atom is 0.337 e. The first-order chi connectivity index (χ1) is 6.88. The zero-order chi connectivity index (χ0) is 11.6. The Bertz CT molecular complexity index is 387. The lowest BCUT2D eigenvalue weighted by atomic mass is 10.3. The normalized spacial score (nSPS) is 11.3. The minimum atomic E-state index is -1.61. The standard InChI is InChI=1S/C10H14BrNO2Si/c1-14-10(13)7-5-6-12-9(11)8(7)15(2,3)4/h5-6H,1-4H3. The summed E-state index contributed by atoms with van der Waals surface area (Å²) in [7, 11) is -0.218. The number of carbonyl (C=O) groups is 1. The molecule has 0 aliphatic heterocycles. The predicted octanol–water partition coefficient (Wildman–Crippen LogP) is 2.18. The highest BCUT2D eigenvalue weighted by Crippen LogP contribution is 2.14. The maximum atomic E-state index is 11.6. The Hall–Kier alpha value is -0.683. The van der Waals surface area contributed by atoms with Crippen LogP contribution in [-0.2, 0) is 4.74 Å². The van der Waals surface area contributed by atoms with Crippen LogP contribution in [0.5, 0.6) is 0 Å². The monoisotopic (exact) mass is 287 g/mol. The van der Waals surface area contributed by atoms with Gasteiger partial charge in [0.25, 0.3) is 0 Å². The molecule has 0 fully saturated rings. The van der Waals surface area contributed by atoms with Crippen LogP contribution in [0.15, 0.2) is 16.9 Å². The van der Waals surface area contributed by atoms with Gasteiger partial charge >= 0.3 is 5.97 Å². The zero-order valence-electron chi connectivity index (χ0n) is 9.30. The number of methoxy groups -OCH3 is 1. The number of hydrogen-bond donors (Lipinski definition) is 0. The number of pyridine rings is 1. The summed E-state index contributed by atoms with van der Waals surface area (Å²) in [5.41, 5.74) is 0.624. The molecule has 0 spiro atoms. The van der Waals surface area contributed by atoms with E-state index in [0.29, 0.717) is 5.56 Å². The average Bonchev–Trinajstić information content (AvgIpc) is 2.14. The number of ether oxygens (including phenoxy) is 1. The number of halogens is 1. The van der Waals surface area contributed by atoms with Crippen LogP contribution in [0.2, 0.25) is 19.6 Å². The summed E-state index contributed by atoms with van der Waals surface area (Å²) >= 11 is 3.40. The zero-order valence-corrected chi connectivity index (χ0v) is 11.9. The molecule has 15 heavy (non-hydrogen) atoms. The molecule has 1 aromatic rings. The van der Waals surface area contributed by atoms with Gasteiger partial charge in [-0.05, 0) is 27.2 Å². The lowest BCUT2D eigenvalue weighted by molar-refractivity contribution is 0.0602. The fraction of sp³-hybridized carbons (Fsp3) is 0.400. The molecular weight excluding hydrogens is 274 g/mol. The molecule has 0 aliphatic carbocycles. The maximum absolute atomic E-state index is 11.6. The average molecular weight is 288 g/mol. The second kappa shape index (κ2) is 4.45. The summed E-state index contributed by atoms with van der Waals surface area (Å²) in [5, 5.41) is 1.01. The van der Waals surface area contributed by atoms with Crippen LogP contribution in [0.4, 0.5) is 0 Å². The van der Waals surface area contributed by atoms with E-state index in [1.54, 1.807) is 12.3 Å². The highest BCUT2D eigenvalue weighted by Gasteiger charge is 2.27. The van der Waals surface area contributed by atoms with Gasteiger partial charge in [-0.2, -0.15) is 0 Å². The van der Waals surface area contributed by atoms with Crippen LogP contribution in [-0.4, -0.2) is 26.1 Å². The molecule has 82 valence electrons. The van der Waals surface area contributed by atoms with Crippen LogP contribution in [0.1, 0.15) is 10.4 Å². The van der Waals surface area contributed by atoms with E-state index in [4.69, 9.17) is 4.74 Å². The predicted molar refractivity (Wildman–Crippen MR) is 66.3 cm³/mol. The highest BCUT2D eigenvalue weighted by atomic mass is 79.9. The van der Waals surface area contributed by atoms with Crippen molar-refractivity contribution in [2.75, 3.05) is 7.11 Å². The summed E-state index contributed by atoms with van der Waals surface area (Å²) in [6.45, 7) is 6.50. The smallest absolute Gasteiger partial charge is 0.337 e. The van der Waals surface area contributed by atoms with E-state index in [2.05, 4.69) is 40.6 Å². The van der Waals surface area contributed by atoms with Crippen molar-refractivity contribution in [1.29, 1.82) is 0 Å². The molecule has 5 heteroatoms. The van der Waals surface area contributed by atoms with E-state index in [1.807, 2.05) is 0 Å². The molecule has 1 heterocycles. The molecule has 0 N–H and O–H groups in total. The van der Waals surface area contributed by atoms with Gasteiger partial charge in [0.2, 0.25) is 0 Å². The Morgan fingerprint density at radius 3 is 2.53 bits per heavy atom. The van der Waals surface area contributed by atoms with Gasteiger partial charge < -0.3 is 4.74 Å². The van der Waals surface area contributed by atoms with E-state index >= 15 is 0 Å². The fourth-order valence-electron chi connectivity index (χ4n) is 1.43. The van der Waals surface area contributed by atoms with Gasteiger partial charge in [-0.1, -0.05) is 19.6 Å². The topological polar surface area (TPSA) is 39.2 Å². The number of rotatable bonds is 2. The van der Waals surface area contributed by atoms with E-state index < -0.39 is 8.07 Å². The van der Waals surface area contributed by atoms with Crippen LogP contribution < -0.4 is 5.19 Å². The molecule has 0 atom stereocenters. The SMILES string of the molecule is COC(=O)c1ccnc(Br)c1[Si](C)(C)C. The molecule has 0 aliphatic rings. The Balaban J connectivity index is 3.40. The summed E-state index contributed by atoms with van der Waals surface area (Å²) in [6.07, 6.45) is 1.61. The second-order valence-electron chi connectivity index (χ2n) is 4.27. The highest BCUT2D eigenvalue weighted by molar-refractivity contribution is 9.10. The number of aromatic nitrogens is 1. The van der Waals surface area contributed by atoms with Crippen LogP contribution in [0, 0.1) is 0 Å². The quantitative estimate of drug-likeness (QED) is 0.475. The first kappa shape index (κ1) is 12.4. The van der Waals surface area contributed by atoms with Crippen molar-refractivity contribution in [3.63, 3.8) is 0 Å². The Kier molecular flexibility index (Phi) is 3.67. The van der Waals surface area contributed by atoms with Gasteiger partial charge in [-0.3, -0.25) is 0 Å². The molecule has 1 aromatic heterocycles. The van der Waals surface area contributed by atoms with Crippen LogP contribution >= 0.6 is 15.9 Å². The minimum Gasteiger partial charge on any atom is -0.465 e. The largest absolute Gasteiger partial charge is 0.465 e. The first-order valence-corrected chi connectivity index (χ1v) is 8.90. The lowest BCUT2D eigenvalue weighted by Crippen LogP contribution is -2.43.